The van der Waals surface area contributed by atoms with Gasteiger partial charge in [0.05, 0.1) is 18.6 Å². The third kappa shape index (κ3) is 6.65. The van der Waals surface area contributed by atoms with E-state index in [9.17, 15) is 9.59 Å². The van der Waals surface area contributed by atoms with Crippen molar-refractivity contribution in [1.82, 2.24) is 10.2 Å². The number of hydrogen-bond acceptors (Lipinski definition) is 4. The standard InChI is InChI=1S/C19H28N2O5/c1-14(18(22)23)12-21(2)19(24)20-11-15-3-5-16(6-4-15)13-26-17-7-9-25-10-8-17/h3-6,14,17H,7-13H2,1-2H3,(H,20,24)(H,22,23). The molecule has 1 aromatic carbocycles. The van der Waals surface area contributed by atoms with E-state index in [4.69, 9.17) is 14.6 Å². The number of carbonyl (C=O) groups excluding carboxylic acids is 1. The molecule has 1 aliphatic rings. The molecule has 1 saturated heterocycles. The van der Waals surface area contributed by atoms with E-state index in [1.165, 1.54) is 4.90 Å². The maximum absolute atomic E-state index is 12.0. The number of ether oxygens (including phenoxy) is 2. The van der Waals surface area contributed by atoms with Crippen LogP contribution in [0.15, 0.2) is 24.3 Å². The number of hydrogen-bond donors (Lipinski definition) is 2. The lowest BCUT2D eigenvalue weighted by Crippen LogP contribution is -2.40. The quantitative estimate of drug-likeness (QED) is 0.739. The van der Waals surface area contributed by atoms with Gasteiger partial charge in [0.2, 0.25) is 0 Å². The van der Waals surface area contributed by atoms with Crippen LogP contribution in [0.4, 0.5) is 4.79 Å². The van der Waals surface area contributed by atoms with Crippen molar-refractivity contribution in [3.05, 3.63) is 35.4 Å². The molecule has 2 amide bonds. The number of aliphatic carboxylic acids is 1. The highest BCUT2D eigenvalue weighted by Gasteiger charge is 2.17. The van der Waals surface area contributed by atoms with Gasteiger partial charge < -0.3 is 24.8 Å². The van der Waals surface area contributed by atoms with Crippen molar-refractivity contribution < 1.29 is 24.2 Å². The van der Waals surface area contributed by atoms with Crippen LogP contribution in [-0.2, 0) is 27.4 Å². The number of carboxylic acids is 1. The molecule has 1 fully saturated rings. The molecule has 7 heteroatoms. The first kappa shape index (κ1) is 20.2. The third-order valence-corrected chi connectivity index (χ3v) is 4.44. The molecule has 7 nitrogen and oxygen atoms in total. The zero-order valence-corrected chi connectivity index (χ0v) is 15.4. The summed E-state index contributed by atoms with van der Waals surface area (Å²) >= 11 is 0. The van der Waals surface area contributed by atoms with E-state index >= 15 is 0 Å². The fourth-order valence-electron chi connectivity index (χ4n) is 2.69. The van der Waals surface area contributed by atoms with Gasteiger partial charge in [-0.1, -0.05) is 31.2 Å². The Bertz CT molecular complexity index is 584. The van der Waals surface area contributed by atoms with Crippen LogP contribution in [0.25, 0.3) is 0 Å². The SMILES string of the molecule is CC(CN(C)C(=O)NCc1ccc(COC2CCOCC2)cc1)C(=O)O. The fourth-order valence-corrected chi connectivity index (χ4v) is 2.69. The van der Waals surface area contributed by atoms with E-state index in [1.54, 1.807) is 14.0 Å². The van der Waals surface area contributed by atoms with E-state index in [0.29, 0.717) is 13.2 Å². The van der Waals surface area contributed by atoms with Gasteiger partial charge in [-0.25, -0.2) is 4.79 Å². The molecule has 1 aromatic rings. The minimum atomic E-state index is -0.914. The molecule has 0 radical (unpaired) electrons. The summed E-state index contributed by atoms with van der Waals surface area (Å²) in [7, 11) is 1.59. The van der Waals surface area contributed by atoms with E-state index in [0.717, 1.165) is 37.2 Å². The van der Waals surface area contributed by atoms with Crippen LogP contribution in [0.3, 0.4) is 0 Å². The Morgan fingerprint density at radius 1 is 1.27 bits per heavy atom. The van der Waals surface area contributed by atoms with Gasteiger partial charge in [0.25, 0.3) is 0 Å². The molecule has 2 rings (SSSR count). The van der Waals surface area contributed by atoms with Gasteiger partial charge in [-0.15, -0.1) is 0 Å². The molecule has 0 aliphatic carbocycles. The molecule has 0 saturated carbocycles. The first-order valence-corrected chi connectivity index (χ1v) is 8.94. The number of carboxylic acid groups (broad SMARTS) is 1. The molecule has 0 spiro atoms. The highest BCUT2D eigenvalue weighted by Crippen LogP contribution is 2.14. The molecule has 1 unspecified atom stereocenters. The lowest BCUT2D eigenvalue weighted by atomic mass is 10.1. The normalized spacial score (nSPS) is 16.1. The summed E-state index contributed by atoms with van der Waals surface area (Å²) in [6.07, 6.45) is 2.16. The molecular weight excluding hydrogens is 336 g/mol. The Labute approximate surface area is 154 Å². The third-order valence-electron chi connectivity index (χ3n) is 4.44. The maximum Gasteiger partial charge on any atom is 0.317 e. The molecule has 144 valence electrons. The van der Waals surface area contributed by atoms with E-state index in [-0.39, 0.29) is 18.7 Å². The number of nitrogens with one attached hydrogen (secondary N) is 1. The lowest BCUT2D eigenvalue weighted by molar-refractivity contribution is -0.141. The molecule has 0 aromatic heterocycles. The number of amides is 2. The minimum Gasteiger partial charge on any atom is -0.481 e. The van der Waals surface area contributed by atoms with Crippen molar-refractivity contribution in [2.45, 2.75) is 39.0 Å². The molecule has 0 bridgehead atoms. The highest BCUT2D eigenvalue weighted by molar-refractivity contribution is 5.75. The minimum absolute atomic E-state index is 0.170. The summed E-state index contributed by atoms with van der Waals surface area (Å²) < 4.78 is 11.2. The number of urea groups is 1. The Morgan fingerprint density at radius 2 is 1.88 bits per heavy atom. The van der Waals surface area contributed by atoms with Crippen LogP contribution in [0, 0.1) is 5.92 Å². The molecule has 26 heavy (non-hydrogen) atoms. The number of rotatable bonds is 8. The second-order valence-electron chi connectivity index (χ2n) is 6.72. The predicted octanol–water partition coefficient (Wildman–Crippen LogP) is 2.24. The van der Waals surface area contributed by atoms with E-state index in [2.05, 4.69) is 5.32 Å². The van der Waals surface area contributed by atoms with Gasteiger partial charge in [-0.05, 0) is 24.0 Å². The zero-order valence-electron chi connectivity index (χ0n) is 15.4. The summed E-state index contributed by atoms with van der Waals surface area (Å²) in [5.41, 5.74) is 2.08. The maximum atomic E-state index is 12.0. The fraction of sp³-hybridized carbons (Fsp3) is 0.579. The predicted molar refractivity (Wildman–Crippen MR) is 96.7 cm³/mol. The van der Waals surface area contributed by atoms with Crippen LogP contribution in [0.1, 0.15) is 30.9 Å². The average Bonchev–Trinajstić information content (AvgIpc) is 2.65. The summed E-state index contributed by atoms with van der Waals surface area (Å²) in [6, 6.07) is 7.63. The van der Waals surface area contributed by atoms with Crippen LogP contribution < -0.4 is 5.32 Å². The lowest BCUT2D eigenvalue weighted by Gasteiger charge is -2.22. The highest BCUT2D eigenvalue weighted by atomic mass is 16.5. The molecule has 1 aliphatic heterocycles. The number of nitrogens with zero attached hydrogens (tertiary/aromatic N) is 1. The van der Waals surface area contributed by atoms with Crippen LogP contribution in [0.2, 0.25) is 0 Å². The number of benzene rings is 1. The van der Waals surface area contributed by atoms with Crippen molar-refractivity contribution in [3.8, 4) is 0 Å². The first-order valence-electron chi connectivity index (χ1n) is 8.94. The van der Waals surface area contributed by atoms with Crippen LogP contribution in [-0.4, -0.2) is 54.9 Å². The molecular formula is C19H28N2O5. The summed E-state index contributed by atoms with van der Waals surface area (Å²) in [5.74, 6) is -1.51. The zero-order chi connectivity index (χ0) is 18.9. The summed E-state index contributed by atoms with van der Waals surface area (Å²) in [6.45, 7) is 4.25. The van der Waals surface area contributed by atoms with Crippen molar-refractivity contribution >= 4 is 12.0 Å². The summed E-state index contributed by atoms with van der Waals surface area (Å²) in [5, 5.41) is 11.7. The Balaban J connectivity index is 1.72. The second kappa shape index (κ2) is 10.1. The number of carbonyl (C=O) groups is 2. The van der Waals surface area contributed by atoms with Gasteiger partial charge in [0.1, 0.15) is 0 Å². The van der Waals surface area contributed by atoms with E-state index in [1.807, 2.05) is 24.3 Å². The Kier molecular flexibility index (Phi) is 7.87. The molecule has 1 heterocycles. The first-order chi connectivity index (χ1) is 12.5. The second-order valence-corrected chi connectivity index (χ2v) is 6.72. The molecule has 2 N–H and O–H groups in total. The van der Waals surface area contributed by atoms with Crippen LogP contribution in [0.5, 0.6) is 0 Å². The monoisotopic (exact) mass is 364 g/mol. The topological polar surface area (TPSA) is 88.1 Å². The van der Waals surface area contributed by atoms with Crippen molar-refractivity contribution in [2.24, 2.45) is 5.92 Å². The average molecular weight is 364 g/mol. The van der Waals surface area contributed by atoms with E-state index < -0.39 is 11.9 Å². The van der Waals surface area contributed by atoms with Crippen molar-refractivity contribution in [3.63, 3.8) is 0 Å². The van der Waals surface area contributed by atoms with Crippen molar-refractivity contribution in [1.29, 1.82) is 0 Å². The smallest absolute Gasteiger partial charge is 0.317 e. The summed E-state index contributed by atoms with van der Waals surface area (Å²) in [4.78, 5) is 24.2. The van der Waals surface area contributed by atoms with Crippen LogP contribution >= 0.6 is 0 Å². The Morgan fingerprint density at radius 3 is 2.50 bits per heavy atom. The van der Waals surface area contributed by atoms with Crippen molar-refractivity contribution in [2.75, 3.05) is 26.8 Å². The van der Waals surface area contributed by atoms with Gasteiger partial charge in [-0.3, -0.25) is 4.79 Å². The van der Waals surface area contributed by atoms with Gasteiger partial charge in [0, 0.05) is 33.4 Å². The van der Waals surface area contributed by atoms with Gasteiger partial charge >= 0.3 is 12.0 Å². The largest absolute Gasteiger partial charge is 0.481 e. The Hall–Kier alpha value is -2.12. The van der Waals surface area contributed by atoms with Gasteiger partial charge in [-0.2, -0.15) is 0 Å². The van der Waals surface area contributed by atoms with Gasteiger partial charge in [0.15, 0.2) is 0 Å². The molecule has 1 atom stereocenters.